The Morgan fingerprint density at radius 3 is 2.62 bits per heavy atom. The van der Waals surface area contributed by atoms with E-state index in [9.17, 15) is 8.78 Å². The first-order chi connectivity index (χ1) is 7.69. The Bertz CT molecular complexity index is 361. The van der Waals surface area contributed by atoms with E-state index >= 15 is 0 Å². The second kappa shape index (κ2) is 4.91. The van der Waals surface area contributed by atoms with Gasteiger partial charge in [-0.3, -0.25) is 0 Å². The largest absolute Gasteiger partial charge is 0.317 e. The lowest BCUT2D eigenvalue weighted by molar-refractivity contribution is 0.482. The summed E-state index contributed by atoms with van der Waals surface area (Å²) in [5.74, 6) is -0.687. The Morgan fingerprint density at radius 1 is 1.31 bits per heavy atom. The first kappa shape index (κ1) is 11.5. The topological polar surface area (TPSA) is 12.0 Å². The number of hydrogen-bond acceptors (Lipinski definition) is 1. The number of rotatable bonds is 5. The molecule has 1 nitrogen and oxygen atoms in total. The summed E-state index contributed by atoms with van der Waals surface area (Å²) in [5, 5.41) is 3.24. The van der Waals surface area contributed by atoms with E-state index in [2.05, 4.69) is 5.32 Å². The van der Waals surface area contributed by atoms with E-state index in [1.807, 2.05) is 7.05 Å². The molecule has 1 aliphatic carbocycles. The van der Waals surface area contributed by atoms with Crippen LogP contribution in [0.4, 0.5) is 8.78 Å². The molecule has 1 fully saturated rings. The summed E-state index contributed by atoms with van der Waals surface area (Å²) < 4.78 is 25.8. The summed E-state index contributed by atoms with van der Waals surface area (Å²) >= 11 is 0. The monoisotopic (exact) mass is 225 g/mol. The first-order valence-corrected chi connectivity index (χ1v) is 5.80. The quantitative estimate of drug-likeness (QED) is 0.812. The molecular weight excluding hydrogens is 208 g/mol. The van der Waals surface area contributed by atoms with Crippen molar-refractivity contribution in [2.75, 3.05) is 7.05 Å². The summed E-state index contributed by atoms with van der Waals surface area (Å²) in [5.41, 5.74) is 0.860. The molecule has 2 rings (SSSR count). The Kier molecular flexibility index (Phi) is 3.54. The Morgan fingerprint density at radius 2 is 2.06 bits per heavy atom. The van der Waals surface area contributed by atoms with Gasteiger partial charge in [-0.15, -0.1) is 0 Å². The Balaban J connectivity index is 1.97. The fourth-order valence-electron chi connectivity index (χ4n) is 2.01. The molecule has 16 heavy (non-hydrogen) atoms. The van der Waals surface area contributed by atoms with Crippen LogP contribution in [0.5, 0.6) is 0 Å². The summed E-state index contributed by atoms with van der Waals surface area (Å²) in [6.45, 7) is 0. The predicted molar refractivity (Wildman–Crippen MR) is 60.3 cm³/mol. The number of halogens is 2. The van der Waals surface area contributed by atoms with E-state index in [1.165, 1.54) is 25.0 Å². The van der Waals surface area contributed by atoms with Crippen LogP contribution in [0.25, 0.3) is 0 Å². The minimum Gasteiger partial charge on any atom is -0.317 e. The molecular formula is C13H17F2N. The van der Waals surface area contributed by atoms with Crippen LogP contribution in [0.2, 0.25) is 0 Å². The second-order valence-electron chi connectivity index (χ2n) is 4.62. The molecule has 0 radical (unpaired) electrons. The van der Waals surface area contributed by atoms with Gasteiger partial charge in [-0.25, -0.2) is 8.78 Å². The highest BCUT2D eigenvalue weighted by atomic mass is 19.2. The van der Waals surface area contributed by atoms with Crippen molar-refractivity contribution in [1.29, 1.82) is 0 Å². The van der Waals surface area contributed by atoms with Gasteiger partial charge in [-0.1, -0.05) is 18.9 Å². The smallest absolute Gasteiger partial charge is 0.159 e. The van der Waals surface area contributed by atoms with Crippen LogP contribution >= 0.6 is 0 Å². The number of likely N-dealkylation sites (N-methyl/N-ethyl adjacent to an activating group) is 1. The zero-order chi connectivity index (χ0) is 11.5. The van der Waals surface area contributed by atoms with Gasteiger partial charge in [0, 0.05) is 6.04 Å². The van der Waals surface area contributed by atoms with Crippen LogP contribution in [0.3, 0.4) is 0 Å². The minimum absolute atomic E-state index is 0.373. The van der Waals surface area contributed by atoms with Crippen molar-refractivity contribution >= 4 is 0 Å². The van der Waals surface area contributed by atoms with Crippen LogP contribution in [-0.4, -0.2) is 13.1 Å². The maximum Gasteiger partial charge on any atom is 0.159 e. The van der Waals surface area contributed by atoms with Crippen molar-refractivity contribution in [1.82, 2.24) is 5.32 Å². The fraction of sp³-hybridized carbons (Fsp3) is 0.538. The molecule has 0 saturated heterocycles. The molecule has 1 N–H and O–H groups in total. The van der Waals surface area contributed by atoms with Gasteiger partial charge in [-0.05, 0) is 43.5 Å². The third-order valence-corrected chi connectivity index (χ3v) is 3.19. The summed E-state index contributed by atoms with van der Waals surface area (Å²) in [6.07, 6.45) is 4.53. The number of benzene rings is 1. The van der Waals surface area contributed by atoms with Gasteiger partial charge in [0.2, 0.25) is 0 Å². The van der Waals surface area contributed by atoms with Crippen LogP contribution in [0, 0.1) is 17.6 Å². The van der Waals surface area contributed by atoms with Crippen LogP contribution in [0.15, 0.2) is 18.2 Å². The zero-order valence-electron chi connectivity index (χ0n) is 9.47. The Labute approximate surface area is 94.9 Å². The van der Waals surface area contributed by atoms with Crippen LogP contribution in [0.1, 0.15) is 24.8 Å². The number of hydrogen-bond donors (Lipinski definition) is 1. The van der Waals surface area contributed by atoms with E-state index in [0.29, 0.717) is 6.04 Å². The lowest BCUT2D eigenvalue weighted by Gasteiger charge is -2.15. The predicted octanol–water partition coefficient (Wildman–Crippen LogP) is 2.90. The molecule has 1 unspecified atom stereocenters. The van der Waals surface area contributed by atoms with E-state index < -0.39 is 11.6 Å². The Hall–Kier alpha value is -0.960. The summed E-state index contributed by atoms with van der Waals surface area (Å²) in [6, 6.07) is 4.54. The number of nitrogens with one attached hydrogen (secondary N) is 1. The molecule has 1 aromatic carbocycles. The summed E-state index contributed by atoms with van der Waals surface area (Å²) in [4.78, 5) is 0. The van der Waals surface area contributed by atoms with Crippen molar-refractivity contribution in [2.24, 2.45) is 5.92 Å². The van der Waals surface area contributed by atoms with Crippen molar-refractivity contribution in [3.8, 4) is 0 Å². The SMILES string of the molecule is CNC(Cc1ccc(F)c(F)c1)CC1CC1. The van der Waals surface area contributed by atoms with Gasteiger partial charge in [0.05, 0.1) is 0 Å². The summed E-state index contributed by atoms with van der Waals surface area (Å²) in [7, 11) is 1.92. The second-order valence-corrected chi connectivity index (χ2v) is 4.62. The molecule has 1 saturated carbocycles. The first-order valence-electron chi connectivity index (χ1n) is 5.80. The highest BCUT2D eigenvalue weighted by Crippen LogP contribution is 2.34. The molecule has 0 bridgehead atoms. The standard InChI is InChI=1S/C13H17F2N/c1-16-11(6-9-2-3-9)7-10-4-5-12(14)13(15)8-10/h4-5,8-9,11,16H,2-3,6-7H2,1H3. The molecule has 0 aliphatic heterocycles. The van der Waals surface area contributed by atoms with E-state index in [0.717, 1.165) is 24.3 Å². The molecule has 0 amide bonds. The molecule has 1 aliphatic rings. The zero-order valence-corrected chi connectivity index (χ0v) is 9.47. The average Bonchev–Trinajstić information content (AvgIpc) is 3.06. The lowest BCUT2D eigenvalue weighted by atomic mass is 10.0. The van der Waals surface area contributed by atoms with E-state index in [1.54, 1.807) is 6.07 Å². The molecule has 1 atom stereocenters. The molecule has 0 aromatic heterocycles. The highest BCUT2D eigenvalue weighted by molar-refractivity contribution is 5.18. The van der Waals surface area contributed by atoms with Crippen LogP contribution < -0.4 is 5.32 Å². The lowest BCUT2D eigenvalue weighted by Crippen LogP contribution is -2.28. The van der Waals surface area contributed by atoms with Crippen molar-refractivity contribution < 1.29 is 8.78 Å². The van der Waals surface area contributed by atoms with Gasteiger partial charge >= 0.3 is 0 Å². The van der Waals surface area contributed by atoms with Gasteiger partial charge in [0.25, 0.3) is 0 Å². The molecule has 88 valence electrons. The maximum atomic E-state index is 13.0. The highest BCUT2D eigenvalue weighted by Gasteiger charge is 2.24. The third kappa shape index (κ3) is 3.01. The van der Waals surface area contributed by atoms with Gasteiger partial charge in [-0.2, -0.15) is 0 Å². The fourth-order valence-corrected chi connectivity index (χ4v) is 2.01. The average molecular weight is 225 g/mol. The molecule has 1 aromatic rings. The van der Waals surface area contributed by atoms with Gasteiger partial charge in [0.15, 0.2) is 11.6 Å². The van der Waals surface area contributed by atoms with Crippen molar-refractivity contribution in [2.45, 2.75) is 31.7 Å². The molecule has 0 spiro atoms. The molecule has 3 heteroatoms. The normalized spacial score (nSPS) is 17.4. The third-order valence-electron chi connectivity index (χ3n) is 3.19. The maximum absolute atomic E-state index is 13.0. The van der Waals surface area contributed by atoms with Gasteiger partial charge in [0.1, 0.15) is 0 Å². The van der Waals surface area contributed by atoms with Crippen molar-refractivity contribution in [3.63, 3.8) is 0 Å². The van der Waals surface area contributed by atoms with Crippen molar-refractivity contribution in [3.05, 3.63) is 35.4 Å². The molecule has 0 heterocycles. The van der Waals surface area contributed by atoms with Gasteiger partial charge < -0.3 is 5.32 Å². The minimum atomic E-state index is -0.771. The van der Waals surface area contributed by atoms with Crippen LogP contribution in [-0.2, 0) is 6.42 Å². The van der Waals surface area contributed by atoms with E-state index in [4.69, 9.17) is 0 Å². The van der Waals surface area contributed by atoms with E-state index in [-0.39, 0.29) is 0 Å².